The first-order chi connectivity index (χ1) is 12.5. The number of carbonyl (C=O) groups is 3. The summed E-state index contributed by atoms with van der Waals surface area (Å²) in [5.74, 6) is -0.172. The molecular formula is C18H24N4O4. The van der Waals surface area contributed by atoms with Crippen LogP contribution >= 0.6 is 0 Å². The van der Waals surface area contributed by atoms with Crippen LogP contribution in [-0.4, -0.2) is 47.3 Å². The van der Waals surface area contributed by atoms with E-state index >= 15 is 0 Å². The van der Waals surface area contributed by atoms with Gasteiger partial charge < -0.3 is 20.3 Å². The molecule has 0 saturated heterocycles. The smallest absolute Gasteiger partial charge is 0.256 e. The first-order valence-corrected chi connectivity index (χ1v) is 8.88. The highest BCUT2D eigenvalue weighted by atomic mass is 16.5. The molecule has 2 aliphatic rings. The molecule has 1 aliphatic carbocycles. The highest BCUT2D eigenvalue weighted by Gasteiger charge is 2.35. The lowest BCUT2D eigenvalue weighted by Gasteiger charge is -2.22. The summed E-state index contributed by atoms with van der Waals surface area (Å²) in [5.41, 5.74) is 1.96. The zero-order valence-electron chi connectivity index (χ0n) is 15.1. The number of hydrogen-bond donors (Lipinski definition) is 2. The average Bonchev–Trinajstić information content (AvgIpc) is 3.25. The van der Waals surface area contributed by atoms with Gasteiger partial charge in [-0.3, -0.25) is 14.4 Å². The number of aromatic nitrogens is 1. The first-order valence-electron chi connectivity index (χ1n) is 8.88. The molecule has 140 valence electrons. The fourth-order valence-corrected chi connectivity index (χ4v) is 3.54. The topological polar surface area (TPSA) is 101 Å². The molecule has 3 amide bonds. The molecule has 1 aromatic rings. The van der Waals surface area contributed by atoms with E-state index in [4.69, 9.17) is 4.74 Å². The van der Waals surface area contributed by atoms with E-state index in [-0.39, 0.29) is 30.8 Å². The molecule has 2 N–H and O–H groups in total. The van der Waals surface area contributed by atoms with Gasteiger partial charge in [0.25, 0.3) is 5.91 Å². The molecule has 1 fully saturated rings. The van der Waals surface area contributed by atoms with E-state index in [1.54, 1.807) is 6.07 Å². The number of nitrogens with one attached hydrogen (secondary N) is 2. The number of nitrogens with zero attached hydrogens (tertiary/aromatic N) is 2. The second-order valence-corrected chi connectivity index (χ2v) is 6.71. The molecule has 26 heavy (non-hydrogen) atoms. The minimum Gasteiger partial charge on any atom is -0.481 e. The van der Waals surface area contributed by atoms with Crippen molar-refractivity contribution >= 4 is 17.7 Å². The fourth-order valence-electron chi connectivity index (χ4n) is 3.54. The highest BCUT2D eigenvalue weighted by Crippen LogP contribution is 2.33. The van der Waals surface area contributed by atoms with Crippen molar-refractivity contribution in [1.29, 1.82) is 0 Å². The molecule has 2 heterocycles. The lowest BCUT2D eigenvalue weighted by Crippen LogP contribution is -2.35. The van der Waals surface area contributed by atoms with Crippen molar-refractivity contribution < 1.29 is 19.1 Å². The van der Waals surface area contributed by atoms with Crippen LogP contribution in [0, 0.1) is 0 Å². The van der Waals surface area contributed by atoms with Crippen LogP contribution in [-0.2, 0) is 22.7 Å². The minimum atomic E-state index is -0.318. The van der Waals surface area contributed by atoms with E-state index in [1.165, 1.54) is 14.0 Å². The maximum Gasteiger partial charge on any atom is 0.256 e. The van der Waals surface area contributed by atoms with Crippen LogP contribution in [0.5, 0.6) is 5.88 Å². The van der Waals surface area contributed by atoms with Gasteiger partial charge in [0.2, 0.25) is 17.7 Å². The Labute approximate surface area is 152 Å². The third-order valence-electron chi connectivity index (χ3n) is 4.88. The largest absolute Gasteiger partial charge is 0.481 e. The molecule has 1 aliphatic heterocycles. The van der Waals surface area contributed by atoms with Crippen molar-refractivity contribution in [3.05, 3.63) is 22.9 Å². The van der Waals surface area contributed by atoms with Gasteiger partial charge in [0.15, 0.2) is 0 Å². The predicted octanol–water partition coefficient (Wildman–Crippen LogP) is 0.741. The molecule has 8 heteroatoms. The van der Waals surface area contributed by atoms with Crippen LogP contribution in [0.1, 0.15) is 54.2 Å². The maximum atomic E-state index is 12.8. The van der Waals surface area contributed by atoms with Gasteiger partial charge in [0, 0.05) is 25.1 Å². The predicted molar refractivity (Wildman–Crippen MR) is 93.4 cm³/mol. The van der Waals surface area contributed by atoms with E-state index in [0.29, 0.717) is 29.6 Å². The SMILES string of the molecule is COc1nc2c(cc1CNC(=O)CNC(C)=O)C(=O)N(C1CCCC1)C2. The van der Waals surface area contributed by atoms with Crippen molar-refractivity contribution in [2.75, 3.05) is 13.7 Å². The quantitative estimate of drug-likeness (QED) is 0.779. The summed E-state index contributed by atoms with van der Waals surface area (Å²) in [6.45, 7) is 1.95. The molecule has 0 bridgehead atoms. The zero-order chi connectivity index (χ0) is 18.7. The van der Waals surface area contributed by atoms with Gasteiger partial charge in [0.05, 0.1) is 31.5 Å². The number of methoxy groups -OCH3 is 1. The maximum absolute atomic E-state index is 12.8. The Kier molecular flexibility index (Phi) is 5.39. The number of hydrogen-bond acceptors (Lipinski definition) is 5. The van der Waals surface area contributed by atoms with Gasteiger partial charge in [-0.1, -0.05) is 12.8 Å². The molecule has 3 rings (SSSR count). The Morgan fingerprint density at radius 3 is 2.69 bits per heavy atom. The van der Waals surface area contributed by atoms with Crippen LogP contribution < -0.4 is 15.4 Å². The molecule has 1 saturated carbocycles. The molecule has 0 unspecified atom stereocenters. The van der Waals surface area contributed by atoms with Crippen molar-refractivity contribution in [3.63, 3.8) is 0 Å². The number of carbonyl (C=O) groups excluding carboxylic acids is 3. The second-order valence-electron chi connectivity index (χ2n) is 6.71. The minimum absolute atomic E-state index is 0.00729. The normalized spacial score (nSPS) is 16.5. The van der Waals surface area contributed by atoms with Crippen molar-refractivity contribution in [2.24, 2.45) is 0 Å². The van der Waals surface area contributed by atoms with Gasteiger partial charge in [0.1, 0.15) is 0 Å². The fraction of sp³-hybridized carbons (Fsp3) is 0.556. The lowest BCUT2D eigenvalue weighted by molar-refractivity contribution is -0.125. The van der Waals surface area contributed by atoms with E-state index < -0.39 is 0 Å². The summed E-state index contributed by atoms with van der Waals surface area (Å²) in [6.07, 6.45) is 4.41. The number of pyridine rings is 1. The van der Waals surface area contributed by atoms with Crippen LogP contribution in [0.15, 0.2) is 6.07 Å². The molecule has 0 aromatic carbocycles. The van der Waals surface area contributed by atoms with Crippen molar-refractivity contribution in [1.82, 2.24) is 20.5 Å². The molecule has 1 aromatic heterocycles. The summed E-state index contributed by atoms with van der Waals surface area (Å²) in [6, 6.07) is 2.06. The Balaban J connectivity index is 1.71. The molecular weight excluding hydrogens is 336 g/mol. The zero-order valence-corrected chi connectivity index (χ0v) is 15.1. The Hall–Kier alpha value is -2.64. The Bertz CT molecular complexity index is 728. The third-order valence-corrected chi connectivity index (χ3v) is 4.88. The average molecular weight is 360 g/mol. The molecule has 0 radical (unpaired) electrons. The van der Waals surface area contributed by atoms with E-state index in [0.717, 1.165) is 31.4 Å². The molecule has 8 nitrogen and oxygen atoms in total. The summed E-state index contributed by atoms with van der Waals surface area (Å²) in [7, 11) is 1.52. The standard InChI is InChI=1S/C18H24N4O4/c1-11(23)19-9-16(24)20-8-12-7-14-15(21-17(12)26-2)10-22(18(14)25)13-5-3-4-6-13/h7,13H,3-6,8-10H2,1-2H3,(H,19,23)(H,20,24). The monoisotopic (exact) mass is 360 g/mol. The van der Waals surface area contributed by atoms with Gasteiger partial charge in [-0.05, 0) is 18.9 Å². The van der Waals surface area contributed by atoms with Crippen molar-refractivity contribution in [2.45, 2.75) is 51.7 Å². The van der Waals surface area contributed by atoms with Gasteiger partial charge in [-0.15, -0.1) is 0 Å². The highest BCUT2D eigenvalue weighted by molar-refractivity contribution is 5.98. The van der Waals surface area contributed by atoms with Gasteiger partial charge >= 0.3 is 0 Å². The third kappa shape index (κ3) is 3.79. The summed E-state index contributed by atoms with van der Waals surface area (Å²) >= 11 is 0. The summed E-state index contributed by atoms with van der Waals surface area (Å²) < 4.78 is 5.34. The van der Waals surface area contributed by atoms with Crippen LogP contribution in [0.2, 0.25) is 0 Å². The number of amides is 3. The lowest BCUT2D eigenvalue weighted by atomic mass is 10.1. The van der Waals surface area contributed by atoms with E-state index in [1.807, 2.05) is 4.90 Å². The first kappa shape index (κ1) is 18.2. The van der Waals surface area contributed by atoms with E-state index in [2.05, 4.69) is 15.6 Å². The van der Waals surface area contributed by atoms with Crippen molar-refractivity contribution in [3.8, 4) is 5.88 Å². The van der Waals surface area contributed by atoms with Crippen LogP contribution in [0.25, 0.3) is 0 Å². The van der Waals surface area contributed by atoms with Crippen LogP contribution in [0.4, 0.5) is 0 Å². The molecule has 0 spiro atoms. The Morgan fingerprint density at radius 1 is 1.31 bits per heavy atom. The van der Waals surface area contributed by atoms with Crippen LogP contribution in [0.3, 0.4) is 0 Å². The van der Waals surface area contributed by atoms with E-state index in [9.17, 15) is 14.4 Å². The Morgan fingerprint density at radius 2 is 2.04 bits per heavy atom. The number of ether oxygens (including phenoxy) is 1. The number of rotatable bonds is 6. The van der Waals surface area contributed by atoms with Gasteiger partial charge in [-0.25, -0.2) is 4.98 Å². The molecule has 0 atom stereocenters. The second kappa shape index (κ2) is 7.72. The van der Waals surface area contributed by atoms with Gasteiger partial charge in [-0.2, -0.15) is 0 Å². The summed E-state index contributed by atoms with van der Waals surface area (Å²) in [4.78, 5) is 41.8. The number of fused-ring (bicyclic) bond motifs is 1. The summed E-state index contributed by atoms with van der Waals surface area (Å²) in [5, 5.41) is 5.14.